The molecule has 1 N–H and O–H groups in total. The summed E-state index contributed by atoms with van der Waals surface area (Å²) in [6, 6.07) is 1.82. The van der Waals surface area contributed by atoms with Gasteiger partial charge in [0.1, 0.15) is 5.82 Å². The van der Waals surface area contributed by atoms with Crippen molar-refractivity contribution in [2.24, 2.45) is 0 Å². The Morgan fingerprint density at radius 2 is 2.40 bits per heavy atom. The molecule has 0 radical (unpaired) electrons. The molecule has 1 aromatic rings. The van der Waals surface area contributed by atoms with Crippen molar-refractivity contribution in [3.05, 3.63) is 21.8 Å². The molecule has 0 saturated carbocycles. The van der Waals surface area contributed by atoms with E-state index in [1.165, 1.54) is 0 Å². The lowest BCUT2D eigenvalue weighted by molar-refractivity contribution is 0.154. The van der Waals surface area contributed by atoms with E-state index in [1.807, 2.05) is 11.0 Å². The van der Waals surface area contributed by atoms with Gasteiger partial charge < -0.3 is 10.0 Å². The van der Waals surface area contributed by atoms with E-state index in [1.54, 1.807) is 6.20 Å². The Labute approximate surface area is 102 Å². The fraction of sp³-hybridized carbons (Fsp3) is 0.500. The van der Waals surface area contributed by atoms with Crippen molar-refractivity contribution in [2.45, 2.75) is 18.9 Å². The Kier molecular flexibility index (Phi) is 3.49. The summed E-state index contributed by atoms with van der Waals surface area (Å²) in [6.45, 7) is 1.53. The SMILES string of the molecule is O[C@H]1CCCN(c2ncc(Br)cc2Cl)C1. The number of aromatic nitrogens is 1. The minimum Gasteiger partial charge on any atom is -0.391 e. The summed E-state index contributed by atoms with van der Waals surface area (Å²) in [5, 5.41) is 10.2. The molecule has 1 aliphatic heterocycles. The van der Waals surface area contributed by atoms with Gasteiger partial charge in [0.25, 0.3) is 0 Å². The second-order valence-corrected chi connectivity index (χ2v) is 5.02. The molecule has 0 amide bonds. The van der Waals surface area contributed by atoms with Crippen LogP contribution in [0.1, 0.15) is 12.8 Å². The van der Waals surface area contributed by atoms with Crippen LogP contribution in [0.4, 0.5) is 5.82 Å². The third-order valence-electron chi connectivity index (χ3n) is 2.48. The van der Waals surface area contributed by atoms with E-state index in [9.17, 15) is 5.11 Å². The van der Waals surface area contributed by atoms with E-state index in [0.717, 1.165) is 29.7 Å². The maximum atomic E-state index is 9.56. The van der Waals surface area contributed by atoms with E-state index in [-0.39, 0.29) is 6.10 Å². The Bertz CT molecular complexity index is 361. The van der Waals surface area contributed by atoms with E-state index >= 15 is 0 Å². The van der Waals surface area contributed by atoms with Crippen molar-refractivity contribution in [2.75, 3.05) is 18.0 Å². The monoisotopic (exact) mass is 290 g/mol. The molecule has 1 saturated heterocycles. The molecule has 0 aromatic carbocycles. The maximum absolute atomic E-state index is 9.56. The molecule has 1 atom stereocenters. The molecule has 15 heavy (non-hydrogen) atoms. The summed E-state index contributed by atoms with van der Waals surface area (Å²) in [7, 11) is 0. The second-order valence-electron chi connectivity index (χ2n) is 3.70. The molecule has 2 rings (SSSR count). The van der Waals surface area contributed by atoms with E-state index in [4.69, 9.17) is 11.6 Å². The molecule has 82 valence electrons. The third kappa shape index (κ3) is 2.62. The number of aliphatic hydroxyl groups is 1. The van der Waals surface area contributed by atoms with Crippen LogP contribution < -0.4 is 4.90 Å². The largest absolute Gasteiger partial charge is 0.391 e. The van der Waals surface area contributed by atoms with Gasteiger partial charge in [0.05, 0.1) is 11.1 Å². The Morgan fingerprint density at radius 1 is 1.60 bits per heavy atom. The Morgan fingerprint density at radius 3 is 3.07 bits per heavy atom. The van der Waals surface area contributed by atoms with Gasteiger partial charge in [-0.15, -0.1) is 0 Å². The number of pyridine rings is 1. The smallest absolute Gasteiger partial charge is 0.147 e. The molecular weight excluding hydrogens is 279 g/mol. The first kappa shape index (κ1) is 11.2. The lowest BCUT2D eigenvalue weighted by Crippen LogP contribution is -2.38. The van der Waals surface area contributed by atoms with Crippen LogP contribution in [0.3, 0.4) is 0 Å². The highest BCUT2D eigenvalue weighted by molar-refractivity contribution is 9.10. The van der Waals surface area contributed by atoms with Crippen LogP contribution in [-0.4, -0.2) is 29.3 Å². The molecule has 0 bridgehead atoms. The summed E-state index contributed by atoms with van der Waals surface area (Å²) < 4.78 is 0.869. The zero-order valence-corrected chi connectivity index (χ0v) is 10.5. The van der Waals surface area contributed by atoms with Gasteiger partial charge in [-0.05, 0) is 34.8 Å². The van der Waals surface area contributed by atoms with Crippen LogP contribution in [-0.2, 0) is 0 Å². The van der Waals surface area contributed by atoms with E-state index in [0.29, 0.717) is 11.6 Å². The molecule has 1 aromatic heterocycles. The molecule has 0 aliphatic carbocycles. The quantitative estimate of drug-likeness (QED) is 0.863. The molecule has 0 spiro atoms. The Hall–Kier alpha value is -0.320. The zero-order valence-electron chi connectivity index (χ0n) is 8.16. The number of nitrogens with zero attached hydrogens (tertiary/aromatic N) is 2. The van der Waals surface area contributed by atoms with Gasteiger partial charge in [-0.2, -0.15) is 0 Å². The van der Waals surface area contributed by atoms with E-state index in [2.05, 4.69) is 20.9 Å². The van der Waals surface area contributed by atoms with Crippen LogP contribution in [0.2, 0.25) is 5.02 Å². The fourth-order valence-electron chi connectivity index (χ4n) is 1.79. The average molecular weight is 292 g/mol. The van der Waals surface area contributed by atoms with Gasteiger partial charge >= 0.3 is 0 Å². The summed E-state index contributed by atoms with van der Waals surface area (Å²) in [6.07, 6.45) is 3.31. The van der Waals surface area contributed by atoms with Crippen molar-refractivity contribution in [3.63, 3.8) is 0 Å². The second kappa shape index (κ2) is 4.68. The normalized spacial score (nSPS) is 21.8. The van der Waals surface area contributed by atoms with Crippen molar-refractivity contribution < 1.29 is 5.11 Å². The summed E-state index contributed by atoms with van der Waals surface area (Å²) >= 11 is 9.41. The minimum absolute atomic E-state index is 0.264. The Balaban J connectivity index is 2.21. The van der Waals surface area contributed by atoms with Crippen molar-refractivity contribution in [1.29, 1.82) is 0 Å². The summed E-state index contributed by atoms with van der Waals surface area (Å²) in [5.41, 5.74) is 0. The van der Waals surface area contributed by atoms with Crippen molar-refractivity contribution in [1.82, 2.24) is 4.98 Å². The molecule has 5 heteroatoms. The van der Waals surface area contributed by atoms with Gasteiger partial charge in [-0.25, -0.2) is 4.98 Å². The average Bonchev–Trinajstić information content (AvgIpc) is 2.17. The number of hydrogen-bond donors (Lipinski definition) is 1. The van der Waals surface area contributed by atoms with Crippen LogP contribution in [0.15, 0.2) is 16.7 Å². The highest BCUT2D eigenvalue weighted by Crippen LogP contribution is 2.28. The van der Waals surface area contributed by atoms with Crippen LogP contribution in [0.5, 0.6) is 0 Å². The molecular formula is C10H12BrClN2O. The van der Waals surface area contributed by atoms with Crippen LogP contribution in [0, 0.1) is 0 Å². The lowest BCUT2D eigenvalue weighted by atomic mass is 10.1. The first-order valence-electron chi connectivity index (χ1n) is 4.91. The molecule has 1 fully saturated rings. The van der Waals surface area contributed by atoms with E-state index < -0.39 is 0 Å². The molecule has 0 unspecified atom stereocenters. The topological polar surface area (TPSA) is 36.4 Å². The van der Waals surface area contributed by atoms with Gasteiger partial charge in [0, 0.05) is 23.8 Å². The first-order valence-corrected chi connectivity index (χ1v) is 6.08. The number of piperidine rings is 1. The van der Waals surface area contributed by atoms with Gasteiger partial charge in [-0.3, -0.25) is 0 Å². The van der Waals surface area contributed by atoms with Crippen molar-refractivity contribution >= 4 is 33.3 Å². The van der Waals surface area contributed by atoms with Gasteiger partial charge in [0.2, 0.25) is 0 Å². The number of rotatable bonds is 1. The lowest BCUT2D eigenvalue weighted by Gasteiger charge is -2.31. The predicted molar refractivity (Wildman–Crippen MR) is 64.4 cm³/mol. The first-order chi connectivity index (χ1) is 7.16. The number of halogens is 2. The fourth-order valence-corrected chi connectivity index (χ4v) is 2.54. The molecule has 1 aliphatic rings. The summed E-state index contributed by atoms with van der Waals surface area (Å²) in [5.74, 6) is 0.763. The number of β-amino-alcohol motifs (C(OH)–C–C–N with tert-alkyl or cyclic N) is 1. The number of hydrogen-bond acceptors (Lipinski definition) is 3. The number of anilines is 1. The zero-order chi connectivity index (χ0) is 10.8. The van der Waals surface area contributed by atoms with Crippen LogP contribution in [0.25, 0.3) is 0 Å². The molecule has 3 nitrogen and oxygen atoms in total. The standard InChI is InChI=1S/C10H12BrClN2O/c11-7-4-9(12)10(13-5-7)14-3-1-2-8(15)6-14/h4-5,8,15H,1-3,6H2/t8-/m0/s1. The minimum atomic E-state index is -0.264. The highest BCUT2D eigenvalue weighted by atomic mass is 79.9. The predicted octanol–water partition coefficient (Wildman–Crippen LogP) is 2.46. The molecule has 2 heterocycles. The van der Waals surface area contributed by atoms with Gasteiger partial charge in [0.15, 0.2) is 0 Å². The summed E-state index contributed by atoms with van der Waals surface area (Å²) in [4.78, 5) is 6.30. The maximum Gasteiger partial charge on any atom is 0.147 e. The number of aliphatic hydroxyl groups excluding tert-OH is 1. The van der Waals surface area contributed by atoms with Crippen molar-refractivity contribution in [3.8, 4) is 0 Å². The highest BCUT2D eigenvalue weighted by Gasteiger charge is 2.20. The van der Waals surface area contributed by atoms with Crippen LogP contribution >= 0.6 is 27.5 Å². The third-order valence-corrected chi connectivity index (χ3v) is 3.20. The van der Waals surface area contributed by atoms with Gasteiger partial charge in [-0.1, -0.05) is 11.6 Å².